The third-order valence-corrected chi connectivity index (χ3v) is 1.23. The fourth-order valence-electron chi connectivity index (χ4n) is 0.939. The molecule has 0 aliphatic carbocycles. The topological polar surface area (TPSA) is 55.7 Å². The van der Waals surface area contributed by atoms with Crippen molar-refractivity contribution in [3.05, 3.63) is 0 Å². The Balaban J connectivity index is 3.77. The number of nitrogens with zero attached hydrogens (tertiary/aromatic N) is 1. The molecule has 4 heteroatoms. The Morgan fingerprint density at radius 3 is 1.75 bits per heavy atom. The van der Waals surface area contributed by atoms with Gasteiger partial charge in [0.2, 0.25) is 0 Å². The molecule has 0 saturated carbocycles. The van der Waals surface area contributed by atoms with Crippen LogP contribution in [0.3, 0.4) is 0 Å². The van der Waals surface area contributed by atoms with E-state index in [1.54, 1.807) is 0 Å². The lowest BCUT2D eigenvalue weighted by Crippen LogP contribution is -2.51. The number of rotatable bonds is 5. The van der Waals surface area contributed by atoms with Crippen LogP contribution in [-0.4, -0.2) is 47.1 Å². The molecular weight excluding hydrogens is 156 g/mol. The molecule has 0 rings (SSSR count). The summed E-state index contributed by atoms with van der Waals surface area (Å²) in [7, 11) is 0. The molecule has 0 heterocycles. The van der Waals surface area contributed by atoms with Crippen LogP contribution in [0.1, 0.15) is 20.8 Å². The lowest BCUT2D eigenvalue weighted by Gasteiger charge is -2.30. The van der Waals surface area contributed by atoms with Crippen molar-refractivity contribution >= 4 is 0 Å². The summed E-state index contributed by atoms with van der Waals surface area (Å²) in [5.41, 5.74) is 3.15. The van der Waals surface area contributed by atoms with Crippen molar-refractivity contribution in [2.24, 2.45) is 0 Å². The summed E-state index contributed by atoms with van der Waals surface area (Å²) >= 11 is 0. The molecule has 0 saturated heterocycles. The van der Waals surface area contributed by atoms with E-state index in [4.69, 9.17) is 10.2 Å². The minimum absolute atomic E-state index is 0.0235. The van der Waals surface area contributed by atoms with Gasteiger partial charge in [0.15, 0.2) is 0 Å². The first-order chi connectivity index (χ1) is 5.49. The van der Waals surface area contributed by atoms with Crippen LogP contribution < -0.4 is 5.43 Å². The molecule has 0 fully saturated rings. The second-order valence-corrected chi connectivity index (χ2v) is 3.80. The van der Waals surface area contributed by atoms with Crippen LogP contribution in [0.15, 0.2) is 0 Å². The van der Waals surface area contributed by atoms with Crippen molar-refractivity contribution in [1.29, 1.82) is 0 Å². The Hall–Kier alpha value is -0.160. The van der Waals surface area contributed by atoms with Gasteiger partial charge in [-0.25, -0.2) is 10.4 Å². The highest BCUT2D eigenvalue weighted by molar-refractivity contribution is 4.68. The smallest absolute Gasteiger partial charge is 0.0572 e. The largest absolute Gasteiger partial charge is 0.395 e. The van der Waals surface area contributed by atoms with E-state index in [9.17, 15) is 0 Å². The van der Waals surface area contributed by atoms with E-state index in [0.29, 0.717) is 13.1 Å². The summed E-state index contributed by atoms with van der Waals surface area (Å²) in [4.78, 5) is 0. The van der Waals surface area contributed by atoms with Crippen LogP contribution in [0.5, 0.6) is 0 Å². The van der Waals surface area contributed by atoms with Crippen LogP contribution in [0.4, 0.5) is 0 Å². The van der Waals surface area contributed by atoms with Gasteiger partial charge in [0.1, 0.15) is 0 Å². The van der Waals surface area contributed by atoms with Crippen molar-refractivity contribution in [2.45, 2.75) is 26.3 Å². The molecule has 0 aromatic rings. The number of aliphatic hydroxyl groups is 2. The average molecular weight is 176 g/mol. The molecule has 3 N–H and O–H groups in total. The van der Waals surface area contributed by atoms with Crippen LogP contribution in [0.2, 0.25) is 0 Å². The number of aliphatic hydroxyl groups excluding tert-OH is 2. The molecule has 0 aliphatic rings. The lowest BCUT2D eigenvalue weighted by atomic mass is 10.1. The predicted molar refractivity (Wildman–Crippen MR) is 48.6 cm³/mol. The Morgan fingerprint density at radius 1 is 1.08 bits per heavy atom. The van der Waals surface area contributed by atoms with E-state index < -0.39 is 0 Å². The zero-order valence-electron chi connectivity index (χ0n) is 8.17. The lowest BCUT2D eigenvalue weighted by molar-refractivity contribution is 0.0800. The molecule has 0 spiro atoms. The molecule has 0 aromatic carbocycles. The van der Waals surface area contributed by atoms with Crippen molar-refractivity contribution in [2.75, 3.05) is 26.3 Å². The molecule has 0 aromatic heterocycles. The summed E-state index contributed by atoms with van der Waals surface area (Å²) in [6.45, 7) is 7.39. The standard InChI is InChI=1S/C8H20N2O2/c1-8(2,3)9-10(4-6-11)5-7-12/h9,11-12H,4-7H2,1-3H3. The molecule has 0 bridgehead atoms. The van der Waals surface area contributed by atoms with Gasteiger partial charge < -0.3 is 10.2 Å². The van der Waals surface area contributed by atoms with E-state index in [0.717, 1.165) is 0 Å². The van der Waals surface area contributed by atoms with E-state index in [1.165, 1.54) is 0 Å². The van der Waals surface area contributed by atoms with Gasteiger partial charge in [-0.1, -0.05) is 0 Å². The maximum atomic E-state index is 8.70. The quantitative estimate of drug-likeness (QED) is 0.498. The molecule has 4 nitrogen and oxygen atoms in total. The summed E-state index contributed by atoms with van der Waals surface area (Å²) in [5.74, 6) is 0. The van der Waals surface area contributed by atoms with Gasteiger partial charge in [-0.3, -0.25) is 0 Å². The summed E-state index contributed by atoms with van der Waals surface area (Å²) in [6.07, 6.45) is 0. The summed E-state index contributed by atoms with van der Waals surface area (Å²) in [6, 6.07) is 0. The highest BCUT2D eigenvalue weighted by Crippen LogP contribution is 1.99. The molecule has 0 aliphatic heterocycles. The van der Waals surface area contributed by atoms with Gasteiger partial charge >= 0.3 is 0 Å². The van der Waals surface area contributed by atoms with Gasteiger partial charge in [-0.15, -0.1) is 0 Å². The van der Waals surface area contributed by atoms with Gasteiger partial charge in [-0.2, -0.15) is 0 Å². The fraction of sp³-hybridized carbons (Fsp3) is 1.00. The first-order valence-corrected chi connectivity index (χ1v) is 4.24. The van der Waals surface area contributed by atoms with E-state index in [1.807, 2.05) is 25.8 Å². The van der Waals surface area contributed by atoms with E-state index in [2.05, 4.69) is 5.43 Å². The van der Waals surface area contributed by atoms with Gasteiger partial charge in [0.25, 0.3) is 0 Å². The zero-order chi connectivity index (χ0) is 9.61. The number of hydrogen-bond acceptors (Lipinski definition) is 4. The van der Waals surface area contributed by atoms with E-state index >= 15 is 0 Å². The fourth-order valence-corrected chi connectivity index (χ4v) is 0.939. The van der Waals surface area contributed by atoms with Crippen molar-refractivity contribution < 1.29 is 10.2 Å². The number of hydrazine groups is 1. The van der Waals surface area contributed by atoms with Crippen LogP contribution >= 0.6 is 0 Å². The van der Waals surface area contributed by atoms with Gasteiger partial charge in [0, 0.05) is 18.6 Å². The third-order valence-electron chi connectivity index (χ3n) is 1.23. The normalized spacial score (nSPS) is 12.5. The minimum atomic E-state index is -0.0235. The average Bonchev–Trinajstić information content (AvgIpc) is 1.84. The molecule has 74 valence electrons. The van der Waals surface area contributed by atoms with Crippen LogP contribution in [-0.2, 0) is 0 Å². The number of hydrogen-bond donors (Lipinski definition) is 3. The minimum Gasteiger partial charge on any atom is -0.395 e. The highest BCUT2D eigenvalue weighted by atomic mass is 16.3. The zero-order valence-corrected chi connectivity index (χ0v) is 8.17. The molecule has 0 amide bonds. The van der Waals surface area contributed by atoms with Crippen molar-refractivity contribution in [3.63, 3.8) is 0 Å². The second kappa shape index (κ2) is 5.48. The SMILES string of the molecule is CC(C)(C)NN(CCO)CCO. The van der Waals surface area contributed by atoms with Crippen molar-refractivity contribution in [1.82, 2.24) is 10.4 Å². The second-order valence-electron chi connectivity index (χ2n) is 3.80. The molecule has 0 unspecified atom stereocenters. The highest BCUT2D eigenvalue weighted by Gasteiger charge is 2.13. The summed E-state index contributed by atoms with van der Waals surface area (Å²) in [5, 5.41) is 19.2. The van der Waals surface area contributed by atoms with E-state index in [-0.39, 0.29) is 18.8 Å². The molecular formula is C8H20N2O2. The van der Waals surface area contributed by atoms with Crippen LogP contribution in [0.25, 0.3) is 0 Å². The third kappa shape index (κ3) is 6.54. The molecule has 0 atom stereocenters. The summed E-state index contributed by atoms with van der Waals surface area (Å²) < 4.78 is 0. The van der Waals surface area contributed by atoms with Crippen molar-refractivity contribution in [3.8, 4) is 0 Å². The molecule has 12 heavy (non-hydrogen) atoms. The predicted octanol–water partition coefficient (Wildman–Crippen LogP) is -0.424. The van der Waals surface area contributed by atoms with Gasteiger partial charge in [-0.05, 0) is 20.8 Å². The first kappa shape index (κ1) is 11.8. The maximum Gasteiger partial charge on any atom is 0.0572 e. The Morgan fingerprint density at radius 2 is 1.50 bits per heavy atom. The molecule has 0 radical (unpaired) electrons. The van der Waals surface area contributed by atoms with Crippen LogP contribution in [0, 0.1) is 0 Å². The Labute approximate surface area is 74.2 Å². The maximum absolute atomic E-state index is 8.70. The monoisotopic (exact) mass is 176 g/mol. The van der Waals surface area contributed by atoms with Gasteiger partial charge in [0.05, 0.1) is 13.2 Å². The Bertz CT molecular complexity index is 106. The Kier molecular flexibility index (Phi) is 5.41. The number of nitrogens with one attached hydrogen (secondary N) is 1. The first-order valence-electron chi connectivity index (χ1n) is 4.24.